The first kappa shape index (κ1) is 10.6. The zero-order chi connectivity index (χ0) is 11.9. The predicted molar refractivity (Wildman–Crippen MR) is 55.3 cm³/mol. The van der Waals surface area contributed by atoms with E-state index >= 15 is 0 Å². The second kappa shape index (κ2) is 3.59. The lowest BCUT2D eigenvalue weighted by Crippen LogP contribution is -2.30. The summed E-state index contributed by atoms with van der Waals surface area (Å²) < 4.78 is 5.33. The van der Waals surface area contributed by atoms with E-state index in [1.54, 1.807) is 13.8 Å². The van der Waals surface area contributed by atoms with E-state index in [0.29, 0.717) is 17.2 Å². The second-order valence-corrected chi connectivity index (χ2v) is 3.81. The molecule has 84 valence electrons. The molecule has 0 radical (unpaired) electrons. The Balaban J connectivity index is 2.18. The van der Waals surface area contributed by atoms with Gasteiger partial charge in [0.2, 0.25) is 5.89 Å². The Hall–Kier alpha value is -1.91. The minimum Gasteiger partial charge on any atom is -0.444 e. The Labute approximate surface area is 92.8 Å². The van der Waals surface area contributed by atoms with Crippen molar-refractivity contribution in [2.24, 2.45) is 0 Å². The fourth-order valence-corrected chi connectivity index (χ4v) is 1.53. The predicted octanol–water partition coefficient (Wildman–Crippen LogP) is 1.11. The number of imide groups is 1. The molecule has 0 fully saturated rings. The summed E-state index contributed by atoms with van der Waals surface area (Å²) in [4.78, 5) is 28.3. The largest absolute Gasteiger partial charge is 0.444 e. The van der Waals surface area contributed by atoms with Crippen molar-refractivity contribution < 1.29 is 14.0 Å². The van der Waals surface area contributed by atoms with Gasteiger partial charge in [-0.05, 0) is 20.8 Å². The first-order valence-corrected chi connectivity index (χ1v) is 4.96. The number of nitrogens with zero attached hydrogens (tertiary/aromatic N) is 2. The van der Waals surface area contributed by atoms with Gasteiger partial charge in [-0.15, -0.1) is 0 Å². The number of aromatic nitrogens is 1. The standard InChI is InChI=1S/C11H12N2O3/c1-6-4-10(14)13(11(6)15)5-9-12-7(2)8(3)16-9/h4H,5H2,1-3H3. The van der Waals surface area contributed by atoms with E-state index in [9.17, 15) is 9.59 Å². The van der Waals surface area contributed by atoms with Gasteiger partial charge in [0.25, 0.3) is 11.8 Å². The Morgan fingerprint density at radius 2 is 2.00 bits per heavy atom. The van der Waals surface area contributed by atoms with Crippen molar-refractivity contribution in [3.8, 4) is 0 Å². The molecule has 0 atom stereocenters. The molecular formula is C11H12N2O3. The summed E-state index contributed by atoms with van der Waals surface area (Å²) in [6.45, 7) is 5.33. The van der Waals surface area contributed by atoms with Gasteiger partial charge in [0.1, 0.15) is 12.3 Å². The normalized spacial score (nSPS) is 15.9. The number of carbonyl (C=O) groups is 2. The zero-order valence-corrected chi connectivity index (χ0v) is 9.40. The number of rotatable bonds is 2. The van der Waals surface area contributed by atoms with Gasteiger partial charge in [-0.1, -0.05) is 0 Å². The van der Waals surface area contributed by atoms with Crippen LogP contribution in [0.25, 0.3) is 0 Å². The van der Waals surface area contributed by atoms with E-state index in [1.165, 1.54) is 6.08 Å². The average Bonchev–Trinajstić information content (AvgIpc) is 2.63. The Morgan fingerprint density at radius 3 is 2.44 bits per heavy atom. The molecule has 1 aliphatic heterocycles. The molecule has 2 amide bonds. The SMILES string of the molecule is CC1=CC(=O)N(Cc2nc(C)c(C)o2)C1=O. The van der Waals surface area contributed by atoms with Gasteiger partial charge in [-0.25, -0.2) is 4.98 Å². The van der Waals surface area contributed by atoms with E-state index in [-0.39, 0.29) is 18.4 Å². The summed E-state index contributed by atoms with van der Waals surface area (Å²) in [5.41, 5.74) is 1.23. The van der Waals surface area contributed by atoms with Crippen molar-refractivity contribution in [2.75, 3.05) is 0 Å². The summed E-state index contributed by atoms with van der Waals surface area (Å²) in [5, 5.41) is 0. The van der Waals surface area contributed by atoms with Gasteiger partial charge in [0.05, 0.1) is 5.69 Å². The lowest BCUT2D eigenvalue weighted by molar-refractivity contribution is -0.138. The molecule has 5 nitrogen and oxygen atoms in total. The topological polar surface area (TPSA) is 63.4 Å². The van der Waals surface area contributed by atoms with E-state index < -0.39 is 0 Å². The lowest BCUT2D eigenvalue weighted by Gasteiger charge is -2.11. The Morgan fingerprint density at radius 1 is 1.31 bits per heavy atom. The van der Waals surface area contributed by atoms with Crippen LogP contribution in [0.4, 0.5) is 0 Å². The number of amides is 2. The second-order valence-electron chi connectivity index (χ2n) is 3.81. The van der Waals surface area contributed by atoms with Crippen molar-refractivity contribution in [3.05, 3.63) is 29.0 Å². The molecule has 1 aromatic rings. The minimum absolute atomic E-state index is 0.0974. The minimum atomic E-state index is -0.309. The lowest BCUT2D eigenvalue weighted by atomic mass is 10.3. The third-order valence-corrected chi connectivity index (χ3v) is 2.55. The third kappa shape index (κ3) is 1.64. The maximum absolute atomic E-state index is 11.6. The molecule has 16 heavy (non-hydrogen) atoms. The van der Waals surface area contributed by atoms with Crippen molar-refractivity contribution in [2.45, 2.75) is 27.3 Å². The van der Waals surface area contributed by atoms with Gasteiger partial charge >= 0.3 is 0 Å². The number of hydrogen-bond donors (Lipinski definition) is 0. The van der Waals surface area contributed by atoms with Crippen LogP contribution in [0.2, 0.25) is 0 Å². The summed E-state index contributed by atoms with van der Waals surface area (Å²) in [6.07, 6.45) is 1.32. The molecule has 1 aliphatic rings. The summed E-state index contributed by atoms with van der Waals surface area (Å²) in [7, 11) is 0. The monoisotopic (exact) mass is 220 g/mol. The highest BCUT2D eigenvalue weighted by Crippen LogP contribution is 2.16. The molecule has 2 rings (SSSR count). The van der Waals surface area contributed by atoms with Crippen LogP contribution in [0.15, 0.2) is 16.1 Å². The van der Waals surface area contributed by atoms with Crippen molar-refractivity contribution >= 4 is 11.8 Å². The number of hydrogen-bond acceptors (Lipinski definition) is 4. The fourth-order valence-electron chi connectivity index (χ4n) is 1.53. The van der Waals surface area contributed by atoms with Crippen LogP contribution in [-0.2, 0) is 16.1 Å². The van der Waals surface area contributed by atoms with Crippen LogP contribution < -0.4 is 0 Å². The highest BCUT2D eigenvalue weighted by Gasteiger charge is 2.29. The van der Waals surface area contributed by atoms with E-state index in [4.69, 9.17) is 4.42 Å². The molecule has 0 saturated heterocycles. The fraction of sp³-hybridized carbons (Fsp3) is 0.364. The van der Waals surface area contributed by atoms with Gasteiger partial charge in [-0.2, -0.15) is 0 Å². The van der Waals surface area contributed by atoms with E-state index in [1.807, 2.05) is 6.92 Å². The molecule has 0 aromatic carbocycles. The molecule has 0 aliphatic carbocycles. The highest BCUT2D eigenvalue weighted by atomic mass is 16.4. The Kier molecular flexibility index (Phi) is 2.38. The Bertz CT molecular complexity index is 480. The van der Waals surface area contributed by atoms with Crippen molar-refractivity contribution in [1.29, 1.82) is 0 Å². The smallest absolute Gasteiger partial charge is 0.257 e. The van der Waals surface area contributed by atoms with Crippen molar-refractivity contribution in [3.63, 3.8) is 0 Å². The molecular weight excluding hydrogens is 208 g/mol. The molecule has 1 aromatic heterocycles. The van der Waals surface area contributed by atoms with Gasteiger partial charge in [0, 0.05) is 11.6 Å². The molecule has 0 bridgehead atoms. The molecule has 0 spiro atoms. The summed E-state index contributed by atoms with van der Waals surface area (Å²) in [6, 6.07) is 0. The van der Waals surface area contributed by atoms with Crippen LogP contribution in [0.3, 0.4) is 0 Å². The number of carbonyl (C=O) groups excluding carboxylic acids is 2. The molecule has 2 heterocycles. The maximum Gasteiger partial charge on any atom is 0.257 e. The van der Waals surface area contributed by atoms with Crippen LogP contribution in [0.5, 0.6) is 0 Å². The van der Waals surface area contributed by atoms with E-state index in [2.05, 4.69) is 4.98 Å². The first-order chi connectivity index (χ1) is 7.49. The summed E-state index contributed by atoms with van der Waals surface area (Å²) >= 11 is 0. The van der Waals surface area contributed by atoms with Gasteiger partial charge in [-0.3, -0.25) is 14.5 Å². The van der Waals surface area contributed by atoms with Crippen molar-refractivity contribution in [1.82, 2.24) is 9.88 Å². The van der Waals surface area contributed by atoms with Crippen LogP contribution in [0, 0.1) is 13.8 Å². The van der Waals surface area contributed by atoms with Crippen LogP contribution >= 0.6 is 0 Å². The van der Waals surface area contributed by atoms with Crippen LogP contribution in [0.1, 0.15) is 24.3 Å². The van der Waals surface area contributed by atoms with Gasteiger partial charge in [0.15, 0.2) is 0 Å². The highest BCUT2D eigenvalue weighted by molar-refractivity contribution is 6.15. The average molecular weight is 220 g/mol. The maximum atomic E-state index is 11.6. The first-order valence-electron chi connectivity index (χ1n) is 4.96. The quantitative estimate of drug-likeness (QED) is 0.700. The van der Waals surface area contributed by atoms with E-state index in [0.717, 1.165) is 10.6 Å². The number of aryl methyl sites for hydroxylation is 2. The molecule has 0 unspecified atom stereocenters. The zero-order valence-electron chi connectivity index (χ0n) is 9.40. The molecule has 5 heteroatoms. The van der Waals surface area contributed by atoms with Gasteiger partial charge < -0.3 is 4.42 Å². The molecule has 0 saturated carbocycles. The third-order valence-electron chi connectivity index (χ3n) is 2.55. The van der Waals surface area contributed by atoms with Crippen LogP contribution in [-0.4, -0.2) is 21.7 Å². The summed E-state index contributed by atoms with van der Waals surface area (Å²) in [5.74, 6) is 0.507. The molecule has 0 N–H and O–H groups in total. The number of oxazole rings is 1.